The van der Waals surface area contributed by atoms with Gasteiger partial charge in [-0.2, -0.15) is 10.5 Å². The number of nitrogens with zero attached hydrogens (tertiary/aromatic N) is 3. The molecule has 0 radical (unpaired) electrons. The SMILES string of the molecule is COc1ccc([C@H]2[C@@]3(C#N)[C@]4(N=C(N)[C@@]23C#N)OC[C@@H](C)O4)cc1. The van der Waals surface area contributed by atoms with E-state index in [1.54, 1.807) is 19.2 Å². The fraction of sp³-hybridized carbons (Fsp3) is 0.471. The Kier molecular flexibility index (Phi) is 2.79. The molecule has 4 rings (SSSR count). The maximum absolute atomic E-state index is 10.0. The summed E-state index contributed by atoms with van der Waals surface area (Å²) in [6.45, 7) is 2.14. The molecule has 2 heterocycles. The van der Waals surface area contributed by atoms with Crippen LogP contribution in [0.4, 0.5) is 0 Å². The van der Waals surface area contributed by atoms with Crippen molar-refractivity contribution in [3.8, 4) is 17.9 Å². The van der Waals surface area contributed by atoms with Crippen LogP contribution >= 0.6 is 0 Å². The third kappa shape index (κ3) is 1.36. The zero-order valence-corrected chi connectivity index (χ0v) is 13.3. The Morgan fingerprint density at radius 1 is 1.29 bits per heavy atom. The monoisotopic (exact) mass is 324 g/mol. The van der Waals surface area contributed by atoms with Crippen LogP contribution in [0, 0.1) is 33.5 Å². The second-order valence-electron chi connectivity index (χ2n) is 6.36. The highest BCUT2D eigenvalue weighted by Crippen LogP contribution is 2.82. The molecule has 1 aromatic rings. The molecule has 2 fully saturated rings. The summed E-state index contributed by atoms with van der Waals surface area (Å²) in [5, 5.41) is 19.9. The number of hydrogen-bond acceptors (Lipinski definition) is 7. The highest BCUT2D eigenvalue weighted by Gasteiger charge is 2.94. The molecule has 0 bridgehead atoms. The van der Waals surface area contributed by atoms with Crippen LogP contribution in [0.2, 0.25) is 0 Å². The molecule has 1 spiro atoms. The first kappa shape index (κ1) is 14.9. The summed E-state index contributed by atoms with van der Waals surface area (Å²) in [6.07, 6.45) is -0.224. The Morgan fingerprint density at radius 3 is 2.50 bits per heavy atom. The minimum absolute atomic E-state index is 0.0986. The number of nitriles is 2. The Balaban J connectivity index is 1.87. The largest absolute Gasteiger partial charge is 0.497 e. The second-order valence-corrected chi connectivity index (χ2v) is 6.36. The molecule has 7 nitrogen and oxygen atoms in total. The Labute approximate surface area is 139 Å². The molecule has 0 amide bonds. The quantitative estimate of drug-likeness (QED) is 0.876. The van der Waals surface area contributed by atoms with E-state index in [1.165, 1.54) is 0 Å². The van der Waals surface area contributed by atoms with Gasteiger partial charge in [0.2, 0.25) is 0 Å². The summed E-state index contributed by atoms with van der Waals surface area (Å²) in [5.41, 5.74) is 4.39. The lowest BCUT2D eigenvalue weighted by atomic mass is 9.94. The number of aliphatic imine (C=N–C) groups is 1. The number of benzene rings is 1. The van der Waals surface area contributed by atoms with Gasteiger partial charge in [0.05, 0.1) is 32.0 Å². The van der Waals surface area contributed by atoms with E-state index in [2.05, 4.69) is 17.1 Å². The lowest BCUT2D eigenvalue weighted by Gasteiger charge is -2.26. The van der Waals surface area contributed by atoms with E-state index in [-0.39, 0.29) is 11.9 Å². The van der Waals surface area contributed by atoms with Crippen LogP contribution in [0.5, 0.6) is 5.75 Å². The average Bonchev–Trinajstić information content (AvgIpc) is 2.99. The van der Waals surface area contributed by atoms with Gasteiger partial charge in [-0.1, -0.05) is 12.1 Å². The second kappa shape index (κ2) is 4.47. The molecule has 1 saturated carbocycles. The van der Waals surface area contributed by atoms with Crippen molar-refractivity contribution in [2.45, 2.75) is 24.9 Å². The Morgan fingerprint density at radius 2 is 2.00 bits per heavy atom. The van der Waals surface area contributed by atoms with E-state index in [0.29, 0.717) is 12.4 Å². The molecule has 5 atom stereocenters. The van der Waals surface area contributed by atoms with E-state index in [9.17, 15) is 10.5 Å². The number of rotatable bonds is 2. The van der Waals surface area contributed by atoms with Crippen molar-refractivity contribution in [3.05, 3.63) is 29.8 Å². The topological polar surface area (TPSA) is 114 Å². The van der Waals surface area contributed by atoms with Gasteiger partial charge in [-0.05, 0) is 24.6 Å². The molecule has 24 heavy (non-hydrogen) atoms. The van der Waals surface area contributed by atoms with Crippen LogP contribution in [0.1, 0.15) is 18.4 Å². The standard InChI is InChI=1S/C17H16N4O3/c1-10-7-23-17(24-10)16(9-19)13(15(16,8-18)14(20)21-17)11-3-5-12(22-2)6-4-11/h3-6,10,13H,7H2,1-2H3,(H2,20,21)/t10-,13-,15-,16-,17+/m1/s1. The Hall–Kier alpha value is -2.61. The van der Waals surface area contributed by atoms with Crippen LogP contribution in [-0.4, -0.2) is 31.6 Å². The van der Waals surface area contributed by atoms with Gasteiger partial charge >= 0.3 is 0 Å². The molecule has 2 aliphatic heterocycles. The lowest BCUT2D eigenvalue weighted by molar-refractivity contribution is -0.193. The Bertz CT molecular complexity index is 824. The molecular formula is C17H16N4O3. The van der Waals surface area contributed by atoms with E-state index in [4.69, 9.17) is 19.9 Å². The van der Waals surface area contributed by atoms with Crippen molar-refractivity contribution < 1.29 is 14.2 Å². The van der Waals surface area contributed by atoms with Crippen molar-refractivity contribution in [1.29, 1.82) is 10.5 Å². The number of methoxy groups -OCH3 is 1. The molecule has 3 aliphatic rings. The van der Waals surface area contributed by atoms with Crippen LogP contribution in [-0.2, 0) is 9.47 Å². The number of nitrogens with two attached hydrogens (primary N) is 1. The zero-order valence-electron chi connectivity index (χ0n) is 13.3. The first-order valence-corrected chi connectivity index (χ1v) is 7.65. The maximum Gasteiger partial charge on any atom is 0.293 e. The van der Waals surface area contributed by atoms with Gasteiger partial charge in [-0.3, -0.25) is 0 Å². The summed E-state index contributed by atoms with van der Waals surface area (Å²) in [4.78, 5) is 4.28. The lowest BCUT2D eigenvalue weighted by Crippen LogP contribution is -2.39. The maximum atomic E-state index is 10.0. The van der Waals surface area contributed by atoms with Crippen molar-refractivity contribution in [2.75, 3.05) is 13.7 Å². The van der Waals surface area contributed by atoms with Gasteiger partial charge in [0, 0.05) is 5.92 Å². The predicted molar refractivity (Wildman–Crippen MR) is 82.7 cm³/mol. The minimum Gasteiger partial charge on any atom is -0.497 e. The van der Waals surface area contributed by atoms with Gasteiger partial charge < -0.3 is 19.9 Å². The molecule has 1 aromatic carbocycles. The normalized spacial score (nSPS) is 42.1. The molecule has 7 heteroatoms. The van der Waals surface area contributed by atoms with Gasteiger partial charge in [0.1, 0.15) is 17.0 Å². The summed E-state index contributed by atoms with van der Waals surface area (Å²) in [7, 11) is 1.58. The highest BCUT2D eigenvalue weighted by atomic mass is 16.8. The van der Waals surface area contributed by atoms with E-state index >= 15 is 0 Å². The first-order valence-electron chi connectivity index (χ1n) is 7.65. The third-order valence-corrected chi connectivity index (χ3v) is 5.25. The van der Waals surface area contributed by atoms with E-state index in [0.717, 1.165) is 5.56 Å². The van der Waals surface area contributed by atoms with Gasteiger partial charge in [0.25, 0.3) is 5.91 Å². The predicted octanol–water partition coefficient (Wildman–Crippen LogP) is 1.27. The highest BCUT2D eigenvalue weighted by molar-refractivity contribution is 6.00. The van der Waals surface area contributed by atoms with Crippen LogP contribution in [0.3, 0.4) is 0 Å². The zero-order chi connectivity index (χ0) is 17.2. The van der Waals surface area contributed by atoms with Crippen molar-refractivity contribution in [2.24, 2.45) is 21.6 Å². The van der Waals surface area contributed by atoms with Gasteiger partial charge in [0.15, 0.2) is 5.41 Å². The minimum atomic E-state index is -1.51. The molecule has 1 aliphatic carbocycles. The van der Waals surface area contributed by atoms with Gasteiger partial charge in [-0.25, -0.2) is 4.99 Å². The third-order valence-electron chi connectivity index (χ3n) is 5.25. The molecule has 1 saturated heterocycles. The van der Waals surface area contributed by atoms with Crippen molar-refractivity contribution in [3.63, 3.8) is 0 Å². The number of fused-ring (bicyclic) bond motifs is 2. The summed E-state index contributed by atoms with van der Waals surface area (Å²) in [5.74, 6) is -1.18. The fourth-order valence-corrected chi connectivity index (χ4v) is 4.16. The van der Waals surface area contributed by atoms with Crippen LogP contribution in [0.25, 0.3) is 0 Å². The number of ether oxygens (including phenoxy) is 3. The van der Waals surface area contributed by atoms with Gasteiger partial charge in [-0.15, -0.1) is 0 Å². The van der Waals surface area contributed by atoms with E-state index < -0.39 is 22.7 Å². The van der Waals surface area contributed by atoms with E-state index in [1.807, 2.05) is 19.1 Å². The summed E-state index contributed by atoms with van der Waals surface area (Å²) in [6, 6.07) is 11.7. The fourth-order valence-electron chi connectivity index (χ4n) is 4.16. The first-order chi connectivity index (χ1) is 11.5. The van der Waals surface area contributed by atoms with Crippen molar-refractivity contribution >= 4 is 5.84 Å². The molecule has 2 N–H and O–H groups in total. The van der Waals surface area contributed by atoms with Crippen LogP contribution in [0.15, 0.2) is 29.3 Å². The number of amidine groups is 1. The number of hydrogen-bond donors (Lipinski definition) is 1. The van der Waals surface area contributed by atoms with Crippen molar-refractivity contribution in [1.82, 2.24) is 0 Å². The smallest absolute Gasteiger partial charge is 0.293 e. The molecule has 122 valence electrons. The molecular weight excluding hydrogens is 308 g/mol. The summed E-state index contributed by atoms with van der Waals surface area (Å²) >= 11 is 0. The summed E-state index contributed by atoms with van der Waals surface area (Å²) < 4.78 is 16.8. The molecule has 0 aromatic heterocycles. The average molecular weight is 324 g/mol. The molecule has 0 unspecified atom stereocenters. The van der Waals surface area contributed by atoms with Crippen LogP contribution < -0.4 is 10.5 Å².